The van der Waals surface area contributed by atoms with Gasteiger partial charge in [-0.3, -0.25) is 0 Å². The summed E-state index contributed by atoms with van der Waals surface area (Å²) in [5.41, 5.74) is 7.58. The molecule has 0 radical (unpaired) electrons. The topological polar surface area (TPSA) is 59.6 Å². The molecule has 2 aromatic carbocycles. The molecule has 7 heteroatoms. The Labute approximate surface area is 168 Å². The van der Waals surface area contributed by atoms with E-state index in [0.29, 0.717) is 18.1 Å². The summed E-state index contributed by atoms with van der Waals surface area (Å²) in [4.78, 5) is 4.33. The molecule has 0 aromatic heterocycles. The van der Waals surface area contributed by atoms with Gasteiger partial charge in [-0.1, -0.05) is 18.2 Å². The minimum absolute atomic E-state index is 0. The van der Waals surface area contributed by atoms with E-state index in [4.69, 9.17) is 10.5 Å². The number of ether oxygens (including phenoxy) is 1. The Morgan fingerprint density at radius 1 is 1.19 bits per heavy atom. The van der Waals surface area contributed by atoms with Crippen molar-refractivity contribution in [3.05, 3.63) is 65.2 Å². The minimum atomic E-state index is -0.538. The summed E-state index contributed by atoms with van der Waals surface area (Å²) in [5.74, 6) is 0.203. The van der Waals surface area contributed by atoms with Crippen LogP contribution in [0, 0.1) is 11.6 Å². The van der Waals surface area contributed by atoms with Crippen molar-refractivity contribution in [3.8, 4) is 5.75 Å². The molecular weight excluding hydrogens is 451 g/mol. The van der Waals surface area contributed by atoms with Crippen molar-refractivity contribution in [1.29, 1.82) is 0 Å². The van der Waals surface area contributed by atoms with Crippen LogP contribution in [0.15, 0.2) is 47.5 Å². The molecule has 1 aliphatic rings. The molecule has 1 saturated carbocycles. The van der Waals surface area contributed by atoms with Crippen molar-refractivity contribution in [1.82, 2.24) is 5.32 Å². The lowest BCUT2D eigenvalue weighted by molar-refractivity contribution is 0.322. The van der Waals surface area contributed by atoms with Gasteiger partial charge < -0.3 is 15.8 Å². The lowest BCUT2D eigenvalue weighted by atomic mass is 9.76. The zero-order valence-electron chi connectivity index (χ0n) is 14.4. The second kappa shape index (κ2) is 9.16. The molecule has 4 nitrogen and oxygen atoms in total. The summed E-state index contributed by atoms with van der Waals surface area (Å²) in [7, 11) is 1.62. The number of nitrogens with zero attached hydrogens (tertiary/aromatic N) is 1. The molecular formula is C19H22F2IN3O. The standard InChI is InChI=1S/C19H21F2N3O.HI/c1-25-18-5-3-2-4-12(18)11-23-19(22)24-17-8-14(9-17)13-6-15(20)10-16(21)7-13;/h2-7,10,14,17H,8-9,11H2,1H3,(H3,22,23,24);1H. The Hall–Kier alpha value is -1.90. The van der Waals surface area contributed by atoms with Crippen LogP contribution in [0.4, 0.5) is 8.78 Å². The van der Waals surface area contributed by atoms with E-state index in [-0.39, 0.29) is 35.9 Å². The molecule has 3 rings (SSSR count). The molecule has 3 N–H and O–H groups in total. The normalized spacial score (nSPS) is 19.3. The van der Waals surface area contributed by atoms with Gasteiger partial charge in [-0.2, -0.15) is 0 Å². The van der Waals surface area contributed by atoms with Crippen LogP contribution in [0.3, 0.4) is 0 Å². The smallest absolute Gasteiger partial charge is 0.189 e. The zero-order chi connectivity index (χ0) is 17.8. The summed E-state index contributed by atoms with van der Waals surface area (Å²) >= 11 is 0. The first kappa shape index (κ1) is 20.4. The fourth-order valence-electron chi connectivity index (χ4n) is 3.08. The van der Waals surface area contributed by atoms with E-state index in [2.05, 4.69) is 10.3 Å². The van der Waals surface area contributed by atoms with Crippen molar-refractivity contribution in [2.24, 2.45) is 10.7 Å². The van der Waals surface area contributed by atoms with Gasteiger partial charge in [0.15, 0.2) is 5.96 Å². The summed E-state index contributed by atoms with van der Waals surface area (Å²) in [5, 5.41) is 3.15. The van der Waals surface area contributed by atoms with E-state index < -0.39 is 11.6 Å². The third kappa shape index (κ3) is 5.06. The van der Waals surface area contributed by atoms with Gasteiger partial charge >= 0.3 is 0 Å². The lowest BCUT2D eigenvalue weighted by Gasteiger charge is -2.36. The zero-order valence-corrected chi connectivity index (χ0v) is 16.7. The molecule has 1 fully saturated rings. The van der Waals surface area contributed by atoms with E-state index in [1.807, 2.05) is 24.3 Å². The maximum Gasteiger partial charge on any atom is 0.189 e. The number of guanidine groups is 1. The molecule has 0 unspecified atom stereocenters. The SMILES string of the molecule is COc1ccccc1CN=C(N)NC1CC(c2cc(F)cc(F)c2)C1.I. The van der Waals surface area contributed by atoms with Gasteiger partial charge in [-0.15, -0.1) is 24.0 Å². The molecule has 0 amide bonds. The number of hydrogen-bond acceptors (Lipinski definition) is 2. The van der Waals surface area contributed by atoms with Gasteiger partial charge in [0, 0.05) is 17.7 Å². The second-order valence-electron chi connectivity index (χ2n) is 6.23. The van der Waals surface area contributed by atoms with E-state index >= 15 is 0 Å². The van der Waals surface area contributed by atoms with Crippen molar-refractivity contribution in [2.75, 3.05) is 7.11 Å². The molecule has 140 valence electrons. The quantitative estimate of drug-likeness (QED) is 0.393. The van der Waals surface area contributed by atoms with Crippen LogP contribution in [-0.2, 0) is 6.54 Å². The van der Waals surface area contributed by atoms with Crippen LogP contribution < -0.4 is 15.8 Å². The van der Waals surface area contributed by atoms with Crippen LogP contribution in [-0.4, -0.2) is 19.1 Å². The van der Waals surface area contributed by atoms with E-state index in [0.717, 1.165) is 30.2 Å². The predicted octanol–water partition coefficient (Wildman–Crippen LogP) is 3.94. The van der Waals surface area contributed by atoms with Crippen LogP contribution in [0.25, 0.3) is 0 Å². The maximum absolute atomic E-state index is 13.3. The molecule has 2 aromatic rings. The molecule has 0 bridgehead atoms. The van der Waals surface area contributed by atoms with Crippen molar-refractivity contribution in [3.63, 3.8) is 0 Å². The van der Waals surface area contributed by atoms with Crippen LogP contribution >= 0.6 is 24.0 Å². The van der Waals surface area contributed by atoms with Crippen LogP contribution in [0.2, 0.25) is 0 Å². The van der Waals surface area contributed by atoms with Gasteiger partial charge in [-0.05, 0) is 42.5 Å². The summed E-state index contributed by atoms with van der Waals surface area (Å²) < 4.78 is 31.8. The van der Waals surface area contributed by atoms with Gasteiger partial charge in [0.05, 0.1) is 13.7 Å². The Balaban J connectivity index is 0.00000243. The third-order valence-corrected chi connectivity index (χ3v) is 4.46. The fourth-order valence-corrected chi connectivity index (χ4v) is 3.08. The summed E-state index contributed by atoms with van der Waals surface area (Å²) in [6.07, 6.45) is 1.54. The lowest BCUT2D eigenvalue weighted by Crippen LogP contribution is -2.46. The highest BCUT2D eigenvalue weighted by atomic mass is 127. The van der Waals surface area contributed by atoms with E-state index in [1.54, 1.807) is 7.11 Å². The number of rotatable bonds is 5. The second-order valence-corrected chi connectivity index (χ2v) is 6.23. The monoisotopic (exact) mass is 473 g/mol. The highest BCUT2D eigenvalue weighted by Gasteiger charge is 2.31. The number of nitrogens with one attached hydrogen (secondary N) is 1. The van der Waals surface area contributed by atoms with Gasteiger partial charge in [0.1, 0.15) is 17.4 Å². The molecule has 0 spiro atoms. The number of benzene rings is 2. The molecule has 0 saturated heterocycles. The highest BCUT2D eigenvalue weighted by Crippen LogP contribution is 2.37. The number of para-hydroxylation sites is 1. The fraction of sp³-hybridized carbons (Fsp3) is 0.316. The number of methoxy groups -OCH3 is 1. The molecule has 0 heterocycles. The largest absolute Gasteiger partial charge is 0.496 e. The van der Waals surface area contributed by atoms with Gasteiger partial charge in [0.2, 0.25) is 0 Å². The van der Waals surface area contributed by atoms with Crippen LogP contribution in [0.5, 0.6) is 5.75 Å². The van der Waals surface area contributed by atoms with Gasteiger partial charge in [-0.25, -0.2) is 13.8 Å². The first-order chi connectivity index (χ1) is 12.0. The number of hydrogen-bond donors (Lipinski definition) is 2. The average Bonchev–Trinajstić information content (AvgIpc) is 2.55. The van der Waals surface area contributed by atoms with E-state index in [9.17, 15) is 8.78 Å². The molecule has 0 atom stereocenters. The van der Waals surface area contributed by atoms with Crippen molar-refractivity contribution < 1.29 is 13.5 Å². The predicted molar refractivity (Wildman–Crippen MR) is 109 cm³/mol. The third-order valence-electron chi connectivity index (χ3n) is 4.46. The number of nitrogens with two attached hydrogens (primary N) is 1. The first-order valence-corrected chi connectivity index (χ1v) is 8.19. The number of halogens is 3. The molecule has 0 aliphatic heterocycles. The first-order valence-electron chi connectivity index (χ1n) is 8.19. The van der Waals surface area contributed by atoms with Gasteiger partial charge in [0.25, 0.3) is 0 Å². The molecule has 26 heavy (non-hydrogen) atoms. The maximum atomic E-state index is 13.3. The Morgan fingerprint density at radius 3 is 2.50 bits per heavy atom. The summed E-state index contributed by atoms with van der Waals surface area (Å²) in [6.45, 7) is 0.425. The molecule has 1 aliphatic carbocycles. The Bertz CT molecular complexity index is 759. The van der Waals surface area contributed by atoms with Crippen LogP contribution in [0.1, 0.15) is 29.9 Å². The van der Waals surface area contributed by atoms with Crippen molar-refractivity contribution in [2.45, 2.75) is 31.3 Å². The minimum Gasteiger partial charge on any atom is -0.496 e. The van der Waals surface area contributed by atoms with E-state index in [1.165, 1.54) is 12.1 Å². The summed E-state index contributed by atoms with van der Waals surface area (Å²) in [6, 6.07) is 11.5. The average molecular weight is 473 g/mol. The highest BCUT2D eigenvalue weighted by molar-refractivity contribution is 14.0. The number of aliphatic imine (C=N–C) groups is 1. The Morgan fingerprint density at radius 2 is 1.85 bits per heavy atom. The Kier molecular flexibility index (Phi) is 7.19. The van der Waals surface area contributed by atoms with Crippen molar-refractivity contribution >= 4 is 29.9 Å².